The van der Waals surface area contributed by atoms with E-state index in [4.69, 9.17) is 23.2 Å². The van der Waals surface area contributed by atoms with Gasteiger partial charge in [0.1, 0.15) is 5.82 Å². The normalized spacial score (nSPS) is 14.2. The fourth-order valence-electron chi connectivity index (χ4n) is 1.77. The first kappa shape index (κ1) is 14.7. The quantitative estimate of drug-likeness (QED) is 0.812. The molecule has 1 aliphatic rings. The number of nitrogens with zero attached hydrogens (tertiary/aromatic N) is 2. The Labute approximate surface area is 135 Å². The number of halogens is 2. The van der Waals surface area contributed by atoms with Gasteiger partial charge in [0.15, 0.2) is 0 Å². The summed E-state index contributed by atoms with van der Waals surface area (Å²) < 4.78 is 0. The molecule has 3 rings (SSSR count). The van der Waals surface area contributed by atoms with E-state index < -0.39 is 0 Å². The Morgan fingerprint density at radius 3 is 3.00 bits per heavy atom. The molecule has 0 saturated heterocycles. The molecule has 1 aromatic carbocycles. The summed E-state index contributed by atoms with van der Waals surface area (Å²) in [7, 11) is 0. The molecule has 0 bridgehead atoms. The van der Waals surface area contributed by atoms with Gasteiger partial charge in [0, 0.05) is 10.9 Å². The number of rotatable bonds is 5. The van der Waals surface area contributed by atoms with Gasteiger partial charge in [-0.15, -0.1) is 5.10 Å². The largest absolute Gasteiger partial charge is 0.324 e. The number of hydrogen-bond donors (Lipinski definition) is 2. The first-order chi connectivity index (χ1) is 10.1. The minimum Gasteiger partial charge on any atom is -0.324 e. The lowest BCUT2D eigenvalue weighted by molar-refractivity contribution is -0.113. The van der Waals surface area contributed by atoms with Gasteiger partial charge in [0.05, 0.1) is 16.5 Å². The zero-order valence-corrected chi connectivity index (χ0v) is 13.2. The topological polar surface area (TPSA) is 70.7 Å². The smallest absolute Gasteiger partial charge is 0.234 e. The minimum absolute atomic E-state index is 0.179. The number of carbonyl (C=O) groups is 1. The van der Waals surface area contributed by atoms with Crippen molar-refractivity contribution in [2.24, 2.45) is 0 Å². The molecule has 8 heteroatoms. The summed E-state index contributed by atoms with van der Waals surface area (Å²) in [4.78, 5) is 16.3. The Morgan fingerprint density at radius 2 is 2.24 bits per heavy atom. The number of thioether (sulfide) groups is 1. The number of carbonyl (C=O) groups excluding carboxylic acids is 1. The van der Waals surface area contributed by atoms with Crippen LogP contribution in [0.4, 0.5) is 5.69 Å². The minimum atomic E-state index is -0.179. The molecular weight excluding hydrogens is 331 g/mol. The zero-order chi connectivity index (χ0) is 14.8. The Kier molecular flexibility index (Phi) is 4.37. The van der Waals surface area contributed by atoms with E-state index in [1.54, 1.807) is 18.2 Å². The Bertz CT molecular complexity index is 672. The lowest BCUT2D eigenvalue weighted by Crippen LogP contribution is -2.14. The molecule has 0 radical (unpaired) electrons. The predicted octanol–water partition coefficient (Wildman–Crippen LogP) is 3.72. The molecule has 1 saturated carbocycles. The van der Waals surface area contributed by atoms with E-state index in [-0.39, 0.29) is 11.7 Å². The first-order valence-electron chi connectivity index (χ1n) is 6.42. The van der Waals surface area contributed by atoms with Crippen molar-refractivity contribution in [2.75, 3.05) is 11.1 Å². The van der Waals surface area contributed by atoms with Crippen LogP contribution in [-0.2, 0) is 4.79 Å². The highest BCUT2D eigenvalue weighted by atomic mass is 35.5. The summed E-state index contributed by atoms with van der Waals surface area (Å²) in [5.74, 6) is 1.47. The van der Waals surface area contributed by atoms with E-state index in [0.717, 1.165) is 18.7 Å². The fraction of sp³-hybridized carbons (Fsp3) is 0.308. The number of amides is 1. The molecule has 1 aliphatic carbocycles. The van der Waals surface area contributed by atoms with Crippen LogP contribution in [0.2, 0.25) is 10.0 Å². The Hall–Kier alpha value is -1.24. The number of benzene rings is 1. The average Bonchev–Trinajstić information content (AvgIpc) is 3.20. The molecule has 0 aliphatic heterocycles. The van der Waals surface area contributed by atoms with E-state index in [0.29, 0.717) is 26.8 Å². The van der Waals surface area contributed by atoms with Crippen molar-refractivity contribution >= 4 is 46.6 Å². The molecule has 1 heterocycles. The molecule has 0 spiro atoms. The molecular formula is C13H12Cl2N4OS. The monoisotopic (exact) mass is 342 g/mol. The van der Waals surface area contributed by atoms with Gasteiger partial charge in [-0.1, -0.05) is 35.0 Å². The van der Waals surface area contributed by atoms with Crippen LogP contribution in [0.25, 0.3) is 0 Å². The summed E-state index contributed by atoms with van der Waals surface area (Å²) in [5.41, 5.74) is 0.503. The van der Waals surface area contributed by atoms with Gasteiger partial charge in [0.25, 0.3) is 0 Å². The maximum absolute atomic E-state index is 11.9. The van der Waals surface area contributed by atoms with Gasteiger partial charge < -0.3 is 5.32 Å². The first-order valence-corrected chi connectivity index (χ1v) is 8.16. The Balaban J connectivity index is 1.54. The van der Waals surface area contributed by atoms with E-state index in [1.165, 1.54) is 11.8 Å². The molecule has 5 nitrogen and oxygen atoms in total. The van der Waals surface area contributed by atoms with Gasteiger partial charge in [0.2, 0.25) is 11.1 Å². The molecule has 1 amide bonds. The van der Waals surface area contributed by atoms with Gasteiger partial charge in [-0.05, 0) is 31.0 Å². The summed E-state index contributed by atoms with van der Waals surface area (Å²) in [6.45, 7) is 0. The highest BCUT2D eigenvalue weighted by Crippen LogP contribution is 2.38. The number of nitrogens with one attached hydrogen (secondary N) is 2. The summed E-state index contributed by atoms with van der Waals surface area (Å²) >= 11 is 13.1. The summed E-state index contributed by atoms with van der Waals surface area (Å²) in [6.07, 6.45) is 2.32. The van der Waals surface area contributed by atoms with E-state index in [9.17, 15) is 4.79 Å². The third-order valence-electron chi connectivity index (χ3n) is 2.98. The second kappa shape index (κ2) is 6.25. The highest BCUT2D eigenvalue weighted by Gasteiger charge is 2.27. The average molecular weight is 343 g/mol. The fourth-order valence-corrected chi connectivity index (χ4v) is 2.71. The predicted molar refractivity (Wildman–Crippen MR) is 84.2 cm³/mol. The van der Waals surface area contributed by atoms with Crippen molar-refractivity contribution in [3.8, 4) is 0 Å². The maximum atomic E-state index is 11.9. The van der Waals surface area contributed by atoms with Crippen LogP contribution in [0.15, 0.2) is 23.4 Å². The third-order valence-corrected chi connectivity index (χ3v) is 4.39. The molecule has 2 N–H and O–H groups in total. The van der Waals surface area contributed by atoms with E-state index in [1.807, 2.05) is 0 Å². The van der Waals surface area contributed by atoms with Crippen molar-refractivity contribution in [2.45, 2.75) is 23.9 Å². The standard InChI is InChI=1S/C13H12Cl2N4OS/c14-8-3-4-9(15)10(5-8)16-11(20)6-21-13-17-12(18-19-13)7-1-2-7/h3-5,7H,1-2,6H2,(H,16,20)(H,17,18,19). The molecule has 0 unspecified atom stereocenters. The van der Waals surface area contributed by atoms with Crippen LogP contribution in [0.1, 0.15) is 24.6 Å². The number of anilines is 1. The molecule has 2 aromatic rings. The van der Waals surface area contributed by atoms with Crippen molar-refractivity contribution in [1.82, 2.24) is 15.2 Å². The van der Waals surface area contributed by atoms with Crippen molar-refractivity contribution in [3.05, 3.63) is 34.1 Å². The van der Waals surface area contributed by atoms with Gasteiger partial charge in [-0.3, -0.25) is 9.89 Å². The number of hydrogen-bond acceptors (Lipinski definition) is 4. The summed E-state index contributed by atoms with van der Waals surface area (Å²) in [5, 5.41) is 11.3. The van der Waals surface area contributed by atoms with Crippen LogP contribution in [-0.4, -0.2) is 26.8 Å². The lowest BCUT2D eigenvalue weighted by atomic mass is 10.3. The zero-order valence-electron chi connectivity index (χ0n) is 10.9. The second-order valence-corrected chi connectivity index (χ2v) is 6.52. The maximum Gasteiger partial charge on any atom is 0.234 e. The number of aromatic amines is 1. The summed E-state index contributed by atoms with van der Waals surface area (Å²) in [6, 6.07) is 4.93. The number of H-pyrrole nitrogens is 1. The number of aromatic nitrogens is 3. The van der Waals surface area contributed by atoms with Crippen molar-refractivity contribution in [1.29, 1.82) is 0 Å². The van der Waals surface area contributed by atoms with Gasteiger partial charge >= 0.3 is 0 Å². The molecule has 21 heavy (non-hydrogen) atoms. The lowest BCUT2D eigenvalue weighted by Gasteiger charge is -2.06. The van der Waals surface area contributed by atoms with Crippen LogP contribution in [0.5, 0.6) is 0 Å². The van der Waals surface area contributed by atoms with Crippen molar-refractivity contribution < 1.29 is 4.79 Å². The van der Waals surface area contributed by atoms with E-state index in [2.05, 4.69) is 20.5 Å². The van der Waals surface area contributed by atoms with Crippen LogP contribution in [0.3, 0.4) is 0 Å². The SMILES string of the molecule is O=C(CSc1n[nH]c(C2CC2)n1)Nc1cc(Cl)ccc1Cl. The second-order valence-electron chi connectivity index (χ2n) is 4.74. The van der Waals surface area contributed by atoms with Gasteiger partial charge in [-0.2, -0.15) is 0 Å². The molecule has 110 valence electrons. The van der Waals surface area contributed by atoms with Crippen LogP contribution < -0.4 is 5.32 Å². The molecule has 1 aromatic heterocycles. The highest BCUT2D eigenvalue weighted by molar-refractivity contribution is 7.99. The van der Waals surface area contributed by atoms with Crippen LogP contribution in [0, 0.1) is 0 Å². The molecule has 0 atom stereocenters. The van der Waals surface area contributed by atoms with Crippen molar-refractivity contribution in [3.63, 3.8) is 0 Å². The third kappa shape index (κ3) is 3.90. The van der Waals surface area contributed by atoms with E-state index >= 15 is 0 Å². The van der Waals surface area contributed by atoms with Crippen LogP contribution >= 0.6 is 35.0 Å². The Morgan fingerprint density at radius 1 is 1.43 bits per heavy atom. The molecule has 1 fully saturated rings. The van der Waals surface area contributed by atoms with Gasteiger partial charge in [-0.25, -0.2) is 4.98 Å².